The van der Waals surface area contributed by atoms with Crippen molar-refractivity contribution in [2.45, 2.75) is 0 Å². The molecule has 0 saturated carbocycles. The van der Waals surface area contributed by atoms with Crippen molar-refractivity contribution in [2.24, 2.45) is 0 Å². The summed E-state index contributed by atoms with van der Waals surface area (Å²) >= 11 is 0. The van der Waals surface area contributed by atoms with Gasteiger partial charge in [-0.1, -0.05) is 24.3 Å². The van der Waals surface area contributed by atoms with Crippen molar-refractivity contribution in [1.82, 2.24) is 9.78 Å². The summed E-state index contributed by atoms with van der Waals surface area (Å²) in [6.45, 7) is 0. The van der Waals surface area contributed by atoms with Gasteiger partial charge in [0.25, 0.3) is 0 Å². The fourth-order valence-corrected chi connectivity index (χ4v) is 2.02. The molecular formula is C16H10FN3. The summed E-state index contributed by atoms with van der Waals surface area (Å²) in [6, 6.07) is 15.7. The number of hydrogen-bond donors (Lipinski definition) is 0. The van der Waals surface area contributed by atoms with E-state index in [2.05, 4.69) is 11.2 Å². The summed E-state index contributed by atoms with van der Waals surface area (Å²) in [4.78, 5) is 0. The second-order valence-corrected chi connectivity index (χ2v) is 4.32. The van der Waals surface area contributed by atoms with Gasteiger partial charge in [-0.2, -0.15) is 10.4 Å². The van der Waals surface area contributed by atoms with E-state index in [-0.39, 0.29) is 5.82 Å². The van der Waals surface area contributed by atoms with Crippen LogP contribution in [0.4, 0.5) is 4.39 Å². The molecule has 3 nitrogen and oxygen atoms in total. The number of halogens is 1. The molecule has 0 aliphatic rings. The highest BCUT2D eigenvalue weighted by atomic mass is 19.1. The Kier molecular flexibility index (Phi) is 3.02. The van der Waals surface area contributed by atoms with E-state index < -0.39 is 0 Å². The predicted octanol–water partition coefficient (Wildman–Crippen LogP) is 3.55. The Morgan fingerprint density at radius 3 is 2.75 bits per heavy atom. The van der Waals surface area contributed by atoms with Gasteiger partial charge < -0.3 is 0 Å². The van der Waals surface area contributed by atoms with Crippen molar-refractivity contribution in [1.29, 1.82) is 5.26 Å². The average Bonchev–Trinajstić information content (AvgIpc) is 2.97. The first-order valence-electron chi connectivity index (χ1n) is 6.08. The smallest absolute Gasteiger partial charge is 0.131 e. The van der Waals surface area contributed by atoms with Crippen molar-refractivity contribution in [3.63, 3.8) is 0 Å². The third kappa shape index (κ3) is 2.17. The second kappa shape index (κ2) is 4.98. The third-order valence-electron chi connectivity index (χ3n) is 3.01. The first-order chi connectivity index (χ1) is 9.78. The summed E-state index contributed by atoms with van der Waals surface area (Å²) < 4.78 is 15.4. The van der Waals surface area contributed by atoms with Gasteiger partial charge in [0.1, 0.15) is 5.82 Å². The molecule has 0 unspecified atom stereocenters. The van der Waals surface area contributed by atoms with Gasteiger partial charge in [0.05, 0.1) is 23.5 Å². The van der Waals surface area contributed by atoms with Gasteiger partial charge in [0.15, 0.2) is 0 Å². The normalized spacial score (nSPS) is 10.2. The van der Waals surface area contributed by atoms with Crippen LogP contribution >= 0.6 is 0 Å². The minimum Gasteiger partial charge on any atom is -0.240 e. The molecule has 0 aliphatic heterocycles. The second-order valence-electron chi connectivity index (χ2n) is 4.32. The van der Waals surface area contributed by atoms with Crippen molar-refractivity contribution in [2.75, 3.05) is 0 Å². The Morgan fingerprint density at radius 2 is 1.95 bits per heavy atom. The molecule has 0 spiro atoms. The summed E-state index contributed by atoms with van der Waals surface area (Å²) in [5.41, 5.74) is 2.54. The van der Waals surface area contributed by atoms with Crippen LogP contribution in [0.5, 0.6) is 0 Å². The van der Waals surface area contributed by atoms with E-state index in [1.807, 2.05) is 6.07 Å². The van der Waals surface area contributed by atoms with Crippen LogP contribution in [0.2, 0.25) is 0 Å². The number of rotatable bonds is 2. The Hall–Kier alpha value is -2.93. The van der Waals surface area contributed by atoms with Gasteiger partial charge in [0.2, 0.25) is 0 Å². The van der Waals surface area contributed by atoms with E-state index in [1.54, 1.807) is 53.5 Å². The highest BCUT2D eigenvalue weighted by Gasteiger charge is 2.07. The summed E-state index contributed by atoms with van der Waals surface area (Å²) in [5, 5.41) is 13.1. The molecule has 3 aromatic rings. The molecule has 3 rings (SSSR count). The van der Waals surface area contributed by atoms with Gasteiger partial charge in [-0.05, 0) is 24.3 Å². The van der Waals surface area contributed by atoms with Gasteiger partial charge >= 0.3 is 0 Å². The quantitative estimate of drug-likeness (QED) is 0.709. The predicted molar refractivity (Wildman–Crippen MR) is 73.7 cm³/mol. The van der Waals surface area contributed by atoms with Crippen LogP contribution in [0, 0.1) is 17.1 Å². The van der Waals surface area contributed by atoms with Crippen LogP contribution < -0.4 is 0 Å². The fourth-order valence-electron chi connectivity index (χ4n) is 2.02. The molecular weight excluding hydrogens is 253 g/mol. The topological polar surface area (TPSA) is 41.6 Å². The Morgan fingerprint density at radius 1 is 1.10 bits per heavy atom. The largest absolute Gasteiger partial charge is 0.240 e. The molecule has 0 fully saturated rings. The highest BCUT2D eigenvalue weighted by molar-refractivity contribution is 5.63. The van der Waals surface area contributed by atoms with Gasteiger partial charge in [-0.25, -0.2) is 9.07 Å². The monoisotopic (exact) mass is 263 g/mol. The number of nitriles is 1. The molecule has 2 aromatic carbocycles. The number of nitrogens with zero attached hydrogens (tertiary/aromatic N) is 3. The van der Waals surface area contributed by atoms with Gasteiger partial charge in [-0.15, -0.1) is 0 Å². The SMILES string of the molecule is N#Cc1cccc(-n2cc(-c3ccccc3F)cn2)c1. The van der Waals surface area contributed by atoms with Crippen molar-refractivity contribution >= 4 is 0 Å². The van der Waals surface area contributed by atoms with E-state index in [0.29, 0.717) is 16.7 Å². The molecule has 0 amide bonds. The van der Waals surface area contributed by atoms with Crippen LogP contribution in [0.15, 0.2) is 60.9 Å². The minimum atomic E-state index is -0.280. The van der Waals surface area contributed by atoms with Crippen molar-refractivity contribution in [3.05, 3.63) is 72.3 Å². The number of hydrogen-bond acceptors (Lipinski definition) is 2. The van der Waals surface area contributed by atoms with Gasteiger partial charge in [-0.3, -0.25) is 0 Å². The molecule has 1 heterocycles. The maximum Gasteiger partial charge on any atom is 0.131 e. The van der Waals surface area contributed by atoms with E-state index in [9.17, 15) is 4.39 Å². The lowest BCUT2D eigenvalue weighted by atomic mass is 10.1. The first kappa shape index (κ1) is 12.1. The van der Waals surface area contributed by atoms with Gasteiger partial charge in [0, 0.05) is 17.3 Å². The first-order valence-corrected chi connectivity index (χ1v) is 6.08. The molecule has 0 atom stereocenters. The zero-order chi connectivity index (χ0) is 13.9. The molecule has 0 aliphatic carbocycles. The number of aromatic nitrogens is 2. The van der Waals surface area contributed by atoms with Crippen molar-refractivity contribution in [3.8, 4) is 22.9 Å². The van der Waals surface area contributed by atoms with E-state index in [0.717, 1.165) is 5.69 Å². The average molecular weight is 263 g/mol. The summed E-state index contributed by atoms with van der Waals surface area (Å²) in [5.74, 6) is -0.280. The highest BCUT2D eigenvalue weighted by Crippen LogP contribution is 2.23. The van der Waals surface area contributed by atoms with E-state index >= 15 is 0 Å². The van der Waals surface area contributed by atoms with Crippen LogP contribution in [0.1, 0.15) is 5.56 Å². The third-order valence-corrected chi connectivity index (χ3v) is 3.01. The lowest BCUT2D eigenvalue weighted by Crippen LogP contribution is -1.94. The fraction of sp³-hybridized carbons (Fsp3) is 0. The van der Waals surface area contributed by atoms with Crippen molar-refractivity contribution < 1.29 is 4.39 Å². The molecule has 20 heavy (non-hydrogen) atoms. The standard InChI is InChI=1S/C16H10FN3/c17-16-7-2-1-6-15(16)13-10-19-20(11-13)14-5-3-4-12(8-14)9-18/h1-8,10-11H. The maximum absolute atomic E-state index is 13.7. The lowest BCUT2D eigenvalue weighted by Gasteiger charge is -2.01. The van der Waals surface area contributed by atoms with E-state index in [4.69, 9.17) is 5.26 Å². The zero-order valence-corrected chi connectivity index (χ0v) is 10.5. The minimum absolute atomic E-state index is 0.280. The molecule has 1 aromatic heterocycles. The van der Waals surface area contributed by atoms with Crippen LogP contribution in [0.3, 0.4) is 0 Å². The molecule has 0 N–H and O–H groups in total. The summed E-state index contributed by atoms with van der Waals surface area (Å²) in [7, 11) is 0. The van der Waals surface area contributed by atoms with Crippen LogP contribution in [-0.4, -0.2) is 9.78 Å². The zero-order valence-electron chi connectivity index (χ0n) is 10.5. The molecule has 0 bridgehead atoms. The molecule has 0 saturated heterocycles. The molecule has 96 valence electrons. The van der Waals surface area contributed by atoms with Crippen LogP contribution in [0.25, 0.3) is 16.8 Å². The molecule has 4 heteroatoms. The Balaban J connectivity index is 2.02. The van der Waals surface area contributed by atoms with Crippen LogP contribution in [-0.2, 0) is 0 Å². The Bertz CT molecular complexity index is 799. The number of benzene rings is 2. The molecule has 0 radical (unpaired) electrons. The van der Waals surface area contributed by atoms with E-state index in [1.165, 1.54) is 6.07 Å². The Labute approximate surface area is 115 Å². The lowest BCUT2D eigenvalue weighted by molar-refractivity contribution is 0.631. The summed E-state index contributed by atoms with van der Waals surface area (Å²) in [6.07, 6.45) is 3.35. The maximum atomic E-state index is 13.7.